The number of amides is 1. The molecule has 3 N–H and O–H groups in total. The number of carbonyl (C=O) groups excluding carboxylic acids is 1. The summed E-state index contributed by atoms with van der Waals surface area (Å²) in [6, 6.07) is 6.99. The molecule has 0 atom stereocenters. The highest BCUT2D eigenvalue weighted by molar-refractivity contribution is 9.10. The summed E-state index contributed by atoms with van der Waals surface area (Å²) in [5, 5.41) is 2.60. The molecule has 0 unspecified atom stereocenters. The van der Waals surface area contributed by atoms with Gasteiger partial charge in [0, 0.05) is 11.9 Å². The SMILES string of the molecule is Nc1ccc(F)cc1C(=O)Nc1cccnc1Br. The second-order valence-electron chi connectivity index (χ2n) is 3.53. The minimum Gasteiger partial charge on any atom is -0.398 e. The second kappa shape index (κ2) is 5.14. The van der Waals surface area contributed by atoms with Crippen molar-refractivity contribution in [1.82, 2.24) is 4.98 Å². The second-order valence-corrected chi connectivity index (χ2v) is 4.28. The van der Waals surface area contributed by atoms with Gasteiger partial charge in [0.1, 0.15) is 10.4 Å². The van der Waals surface area contributed by atoms with Crippen LogP contribution in [0.15, 0.2) is 41.1 Å². The number of nitrogen functional groups attached to an aromatic ring is 1. The molecule has 0 saturated heterocycles. The quantitative estimate of drug-likeness (QED) is 0.662. The molecular weight excluding hydrogens is 301 g/mol. The first-order valence-corrected chi connectivity index (χ1v) is 5.84. The Morgan fingerprint density at radius 1 is 1.39 bits per heavy atom. The Morgan fingerprint density at radius 3 is 2.89 bits per heavy atom. The highest BCUT2D eigenvalue weighted by Crippen LogP contribution is 2.21. The van der Waals surface area contributed by atoms with E-state index in [1.54, 1.807) is 18.3 Å². The summed E-state index contributed by atoms with van der Waals surface area (Å²) in [4.78, 5) is 15.9. The maximum atomic E-state index is 13.1. The molecule has 0 aliphatic heterocycles. The molecule has 2 aromatic rings. The topological polar surface area (TPSA) is 68.0 Å². The van der Waals surface area contributed by atoms with E-state index in [1.165, 1.54) is 12.1 Å². The van der Waals surface area contributed by atoms with Gasteiger partial charge in [-0.05, 0) is 46.3 Å². The van der Waals surface area contributed by atoms with Gasteiger partial charge >= 0.3 is 0 Å². The highest BCUT2D eigenvalue weighted by Gasteiger charge is 2.12. The van der Waals surface area contributed by atoms with Gasteiger partial charge in [-0.3, -0.25) is 4.79 Å². The number of nitrogens with one attached hydrogen (secondary N) is 1. The van der Waals surface area contributed by atoms with Crippen LogP contribution < -0.4 is 11.1 Å². The number of hydrogen-bond acceptors (Lipinski definition) is 3. The third-order valence-electron chi connectivity index (χ3n) is 2.27. The average Bonchev–Trinajstić information content (AvgIpc) is 2.35. The van der Waals surface area contributed by atoms with Crippen LogP contribution in [0.2, 0.25) is 0 Å². The van der Waals surface area contributed by atoms with Crippen LogP contribution in [-0.4, -0.2) is 10.9 Å². The molecule has 18 heavy (non-hydrogen) atoms. The zero-order chi connectivity index (χ0) is 13.1. The first-order valence-electron chi connectivity index (χ1n) is 5.05. The van der Waals surface area contributed by atoms with Gasteiger partial charge in [0.05, 0.1) is 11.3 Å². The van der Waals surface area contributed by atoms with Gasteiger partial charge in [0.15, 0.2) is 0 Å². The molecular formula is C12H9BrFN3O. The molecule has 92 valence electrons. The summed E-state index contributed by atoms with van der Waals surface area (Å²) in [6.07, 6.45) is 1.58. The lowest BCUT2D eigenvalue weighted by molar-refractivity contribution is 0.102. The molecule has 1 aromatic heterocycles. The van der Waals surface area contributed by atoms with E-state index in [0.717, 1.165) is 6.07 Å². The number of nitrogens with two attached hydrogens (primary N) is 1. The van der Waals surface area contributed by atoms with Crippen molar-refractivity contribution in [2.75, 3.05) is 11.1 Å². The predicted octanol–water partition coefficient (Wildman–Crippen LogP) is 2.82. The summed E-state index contributed by atoms with van der Waals surface area (Å²) in [7, 11) is 0. The van der Waals surface area contributed by atoms with E-state index in [1.807, 2.05) is 0 Å². The number of benzene rings is 1. The van der Waals surface area contributed by atoms with Gasteiger partial charge < -0.3 is 11.1 Å². The number of anilines is 2. The average molecular weight is 310 g/mol. The first-order chi connectivity index (χ1) is 8.58. The standard InChI is InChI=1S/C12H9BrFN3O/c13-11-10(2-1-5-16-11)17-12(18)8-6-7(14)3-4-9(8)15/h1-6H,15H2,(H,17,18). The first kappa shape index (κ1) is 12.5. The Bertz CT molecular complexity index is 604. The molecule has 0 radical (unpaired) electrons. The highest BCUT2D eigenvalue weighted by atomic mass is 79.9. The van der Waals surface area contributed by atoms with Gasteiger partial charge in [-0.15, -0.1) is 0 Å². The van der Waals surface area contributed by atoms with Gasteiger partial charge in [-0.1, -0.05) is 0 Å². The van der Waals surface area contributed by atoms with E-state index in [9.17, 15) is 9.18 Å². The smallest absolute Gasteiger partial charge is 0.257 e. The van der Waals surface area contributed by atoms with Crippen LogP contribution in [0.3, 0.4) is 0 Å². The van der Waals surface area contributed by atoms with Crippen LogP contribution in [0.5, 0.6) is 0 Å². The minimum atomic E-state index is -0.514. The summed E-state index contributed by atoms with van der Waals surface area (Å²) in [6.45, 7) is 0. The molecule has 0 saturated carbocycles. The van der Waals surface area contributed by atoms with Gasteiger partial charge in [0.25, 0.3) is 5.91 Å². The number of pyridine rings is 1. The van der Waals surface area contributed by atoms with Crippen LogP contribution >= 0.6 is 15.9 Å². The lowest BCUT2D eigenvalue weighted by atomic mass is 10.1. The molecule has 4 nitrogen and oxygen atoms in total. The van der Waals surface area contributed by atoms with Crippen molar-refractivity contribution in [2.24, 2.45) is 0 Å². The molecule has 0 aliphatic rings. The number of rotatable bonds is 2. The van der Waals surface area contributed by atoms with Crippen molar-refractivity contribution >= 4 is 33.2 Å². The van der Waals surface area contributed by atoms with Crippen molar-refractivity contribution in [3.05, 3.63) is 52.5 Å². The largest absolute Gasteiger partial charge is 0.398 e. The summed E-state index contributed by atoms with van der Waals surface area (Å²) in [5.74, 6) is -1.000. The molecule has 1 aromatic carbocycles. The molecule has 0 spiro atoms. The number of nitrogens with zero attached hydrogens (tertiary/aromatic N) is 1. The van der Waals surface area contributed by atoms with Crippen LogP contribution in [0.1, 0.15) is 10.4 Å². The molecule has 0 bridgehead atoms. The number of aromatic nitrogens is 1. The molecule has 0 aliphatic carbocycles. The third kappa shape index (κ3) is 2.65. The van der Waals surface area contributed by atoms with Crippen molar-refractivity contribution < 1.29 is 9.18 Å². The van der Waals surface area contributed by atoms with E-state index in [4.69, 9.17) is 5.73 Å². The molecule has 1 heterocycles. The molecule has 1 amide bonds. The van der Waals surface area contributed by atoms with Crippen molar-refractivity contribution in [3.63, 3.8) is 0 Å². The lowest BCUT2D eigenvalue weighted by Crippen LogP contribution is -2.14. The van der Waals surface area contributed by atoms with E-state index < -0.39 is 11.7 Å². The Kier molecular flexibility index (Phi) is 3.57. The Balaban J connectivity index is 2.28. The van der Waals surface area contributed by atoms with Gasteiger partial charge in [0.2, 0.25) is 0 Å². The number of hydrogen-bond donors (Lipinski definition) is 2. The zero-order valence-corrected chi connectivity index (χ0v) is 10.7. The number of carbonyl (C=O) groups is 1. The fourth-order valence-corrected chi connectivity index (χ4v) is 1.74. The fraction of sp³-hybridized carbons (Fsp3) is 0. The Morgan fingerprint density at radius 2 is 2.17 bits per heavy atom. The molecule has 2 rings (SSSR count). The maximum Gasteiger partial charge on any atom is 0.257 e. The van der Waals surface area contributed by atoms with Crippen LogP contribution in [-0.2, 0) is 0 Å². The Labute approximate surface area is 111 Å². The van der Waals surface area contributed by atoms with Crippen LogP contribution in [0, 0.1) is 5.82 Å². The third-order valence-corrected chi connectivity index (χ3v) is 2.90. The predicted molar refractivity (Wildman–Crippen MR) is 70.7 cm³/mol. The zero-order valence-electron chi connectivity index (χ0n) is 9.15. The normalized spacial score (nSPS) is 10.1. The summed E-state index contributed by atoms with van der Waals surface area (Å²) in [5.41, 5.74) is 6.42. The summed E-state index contributed by atoms with van der Waals surface area (Å²) < 4.78 is 13.6. The fourth-order valence-electron chi connectivity index (χ4n) is 1.39. The van der Waals surface area contributed by atoms with Crippen LogP contribution in [0.25, 0.3) is 0 Å². The Hall–Kier alpha value is -1.95. The van der Waals surface area contributed by atoms with Gasteiger partial charge in [-0.2, -0.15) is 0 Å². The van der Waals surface area contributed by atoms with Crippen molar-refractivity contribution in [1.29, 1.82) is 0 Å². The number of halogens is 2. The molecule has 0 fully saturated rings. The molecule has 6 heteroatoms. The summed E-state index contributed by atoms with van der Waals surface area (Å²) >= 11 is 3.20. The maximum absolute atomic E-state index is 13.1. The van der Waals surface area contributed by atoms with E-state index in [2.05, 4.69) is 26.2 Å². The monoisotopic (exact) mass is 309 g/mol. The van der Waals surface area contributed by atoms with Gasteiger partial charge in [-0.25, -0.2) is 9.37 Å². The van der Waals surface area contributed by atoms with E-state index >= 15 is 0 Å². The van der Waals surface area contributed by atoms with Crippen molar-refractivity contribution in [2.45, 2.75) is 0 Å². The van der Waals surface area contributed by atoms with E-state index in [0.29, 0.717) is 10.3 Å². The minimum absolute atomic E-state index is 0.0887. The van der Waals surface area contributed by atoms with E-state index in [-0.39, 0.29) is 11.3 Å². The van der Waals surface area contributed by atoms with Crippen molar-refractivity contribution in [3.8, 4) is 0 Å². The van der Waals surface area contributed by atoms with Crippen LogP contribution in [0.4, 0.5) is 15.8 Å². The lowest BCUT2D eigenvalue weighted by Gasteiger charge is -2.08.